The fraction of sp³-hybridized carbons (Fsp3) is 0.278. The fourth-order valence-electron chi connectivity index (χ4n) is 3.06. The van der Waals surface area contributed by atoms with Crippen molar-refractivity contribution in [1.29, 1.82) is 0 Å². The number of nitrogens with two attached hydrogens (primary N) is 1. The Hall–Kier alpha value is -2.11. The van der Waals surface area contributed by atoms with Crippen LogP contribution in [0.5, 0.6) is 0 Å². The first-order valence-electron chi connectivity index (χ1n) is 7.72. The Morgan fingerprint density at radius 3 is 2.50 bits per heavy atom. The monoisotopic (exact) mass is 348 g/mol. The minimum Gasteiger partial charge on any atom is -0.399 e. The summed E-state index contributed by atoms with van der Waals surface area (Å²) in [5.41, 5.74) is 5.37. The molecule has 1 aliphatic rings. The normalized spacial score (nSPS) is 16.9. The van der Waals surface area contributed by atoms with Crippen LogP contribution >= 0.6 is 11.6 Å². The highest BCUT2D eigenvalue weighted by Gasteiger charge is 2.37. The summed E-state index contributed by atoms with van der Waals surface area (Å²) >= 11 is 6.18. The number of nitrogens with zero attached hydrogens (tertiary/aromatic N) is 1. The molecule has 2 aromatic rings. The summed E-state index contributed by atoms with van der Waals surface area (Å²) in [6.45, 7) is 0.648. The first-order valence-corrected chi connectivity index (χ1v) is 8.10. The summed E-state index contributed by atoms with van der Waals surface area (Å²) in [5.74, 6) is -1.03. The zero-order valence-corrected chi connectivity index (χ0v) is 13.8. The highest BCUT2D eigenvalue weighted by Crippen LogP contribution is 2.37. The molecule has 3 N–H and O–H groups in total. The highest BCUT2D eigenvalue weighted by atomic mass is 35.5. The molecule has 0 aromatic heterocycles. The van der Waals surface area contributed by atoms with E-state index in [0.717, 1.165) is 6.07 Å². The van der Waals surface area contributed by atoms with Gasteiger partial charge in [-0.25, -0.2) is 4.39 Å². The lowest BCUT2D eigenvalue weighted by atomic mass is 9.84. The average molecular weight is 349 g/mol. The molecule has 2 aromatic carbocycles. The van der Waals surface area contributed by atoms with Gasteiger partial charge in [0.1, 0.15) is 5.82 Å². The molecule has 1 saturated heterocycles. The van der Waals surface area contributed by atoms with Gasteiger partial charge in [-0.1, -0.05) is 29.8 Å². The molecule has 1 fully saturated rings. The predicted octanol–water partition coefficient (Wildman–Crippen LogP) is 3.19. The maximum atomic E-state index is 13.9. The minimum atomic E-state index is -1.07. The molecular formula is C18H18ClFN2O2. The fourth-order valence-corrected chi connectivity index (χ4v) is 3.37. The molecule has 0 unspecified atom stereocenters. The van der Waals surface area contributed by atoms with Crippen molar-refractivity contribution in [3.8, 4) is 0 Å². The van der Waals surface area contributed by atoms with Gasteiger partial charge in [0.2, 0.25) is 0 Å². The number of hydrogen-bond donors (Lipinski definition) is 2. The van der Waals surface area contributed by atoms with E-state index in [9.17, 15) is 14.3 Å². The number of carbonyl (C=O) groups is 1. The molecule has 0 radical (unpaired) electrons. The van der Waals surface area contributed by atoms with Crippen LogP contribution in [0.1, 0.15) is 28.8 Å². The van der Waals surface area contributed by atoms with E-state index in [4.69, 9.17) is 17.3 Å². The average Bonchev–Trinajstić information content (AvgIpc) is 2.55. The molecule has 1 aliphatic heterocycles. The van der Waals surface area contributed by atoms with Crippen molar-refractivity contribution in [3.63, 3.8) is 0 Å². The van der Waals surface area contributed by atoms with Crippen molar-refractivity contribution in [3.05, 3.63) is 64.4 Å². The second kappa shape index (κ2) is 6.42. The van der Waals surface area contributed by atoms with Gasteiger partial charge in [0.15, 0.2) is 0 Å². The Balaban J connectivity index is 1.75. The van der Waals surface area contributed by atoms with Gasteiger partial charge < -0.3 is 15.7 Å². The third kappa shape index (κ3) is 3.09. The third-order valence-corrected chi connectivity index (χ3v) is 4.81. The number of halogens is 2. The van der Waals surface area contributed by atoms with Gasteiger partial charge >= 0.3 is 0 Å². The van der Waals surface area contributed by atoms with E-state index in [1.165, 1.54) is 12.1 Å². The van der Waals surface area contributed by atoms with Gasteiger partial charge in [-0.3, -0.25) is 4.79 Å². The van der Waals surface area contributed by atoms with Crippen molar-refractivity contribution >= 4 is 23.2 Å². The van der Waals surface area contributed by atoms with E-state index in [-0.39, 0.29) is 11.3 Å². The van der Waals surface area contributed by atoms with E-state index in [0.29, 0.717) is 36.5 Å². The number of benzene rings is 2. The summed E-state index contributed by atoms with van der Waals surface area (Å²) in [5, 5.41) is 11.4. The number of aliphatic hydroxyl groups is 1. The number of nitrogen functional groups attached to an aromatic ring is 1. The van der Waals surface area contributed by atoms with Crippen LogP contribution in [-0.4, -0.2) is 29.0 Å². The Morgan fingerprint density at radius 2 is 1.88 bits per heavy atom. The van der Waals surface area contributed by atoms with Crippen LogP contribution in [-0.2, 0) is 5.60 Å². The van der Waals surface area contributed by atoms with E-state index in [1.807, 2.05) is 6.07 Å². The first kappa shape index (κ1) is 16.7. The zero-order chi connectivity index (χ0) is 17.3. The number of piperidine rings is 1. The van der Waals surface area contributed by atoms with Gasteiger partial charge in [0, 0.05) is 29.4 Å². The SMILES string of the molecule is Nc1ccc(C(=O)N2CCC(O)(c3ccccc3Cl)CC2)c(F)c1. The number of amides is 1. The molecule has 1 amide bonds. The van der Waals surface area contributed by atoms with E-state index in [2.05, 4.69) is 0 Å². The third-order valence-electron chi connectivity index (χ3n) is 4.48. The van der Waals surface area contributed by atoms with Crippen molar-refractivity contribution in [2.24, 2.45) is 0 Å². The Labute approximate surface area is 144 Å². The Bertz CT molecular complexity index is 773. The summed E-state index contributed by atoms with van der Waals surface area (Å²) in [6, 6.07) is 11.2. The molecule has 4 nitrogen and oxygen atoms in total. The summed E-state index contributed by atoms with van der Waals surface area (Å²) in [6.07, 6.45) is 0.693. The Kier molecular flexibility index (Phi) is 4.47. The molecule has 126 valence electrons. The van der Waals surface area contributed by atoms with Crippen molar-refractivity contribution in [2.45, 2.75) is 18.4 Å². The molecular weight excluding hydrogens is 331 g/mol. The van der Waals surface area contributed by atoms with Crippen LogP contribution in [0.25, 0.3) is 0 Å². The maximum Gasteiger partial charge on any atom is 0.256 e. The molecule has 0 aliphatic carbocycles. The minimum absolute atomic E-state index is 0.00705. The lowest BCUT2D eigenvalue weighted by molar-refractivity contribution is -0.0211. The van der Waals surface area contributed by atoms with Crippen LogP contribution in [0.2, 0.25) is 5.02 Å². The number of likely N-dealkylation sites (tertiary alicyclic amines) is 1. The molecule has 24 heavy (non-hydrogen) atoms. The molecule has 0 spiro atoms. The van der Waals surface area contributed by atoms with Crippen molar-refractivity contribution < 1.29 is 14.3 Å². The first-order chi connectivity index (χ1) is 11.4. The summed E-state index contributed by atoms with van der Waals surface area (Å²) < 4.78 is 13.9. The van der Waals surface area contributed by atoms with Crippen LogP contribution < -0.4 is 5.73 Å². The lowest BCUT2D eigenvalue weighted by Gasteiger charge is -2.39. The Morgan fingerprint density at radius 1 is 1.21 bits per heavy atom. The van der Waals surface area contributed by atoms with Gasteiger partial charge in [-0.05, 0) is 37.1 Å². The van der Waals surface area contributed by atoms with Gasteiger partial charge in [0.25, 0.3) is 5.91 Å². The second-order valence-corrected chi connectivity index (χ2v) is 6.45. The van der Waals surface area contributed by atoms with Gasteiger partial charge in [0.05, 0.1) is 11.2 Å². The van der Waals surface area contributed by atoms with Crippen LogP contribution in [0.4, 0.5) is 10.1 Å². The quantitative estimate of drug-likeness (QED) is 0.819. The van der Waals surface area contributed by atoms with Gasteiger partial charge in [-0.2, -0.15) is 0 Å². The van der Waals surface area contributed by atoms with E-state index < -0.39 is 17.3 Å². The van der Waals surface area contributed by atoms with E-state index in [1.54, 1.807) is 23.1 Å². The molecule has 3 rings (SSSR count). The standard InChI is InChI=1S/C18H18ClFN2O2/c19-15-4-2-1-3-14(15)18(24)7-9-22(10-8-18)17(23)13-6-5-12(21)11-16(13)20/h1-6,11,24H,7-10,21H2. The maximum absolute atomic E-state index is 13.9. The molecule has 0 bridgehead atoms. The highest BCUT2D eigenvalue weighted by molar-refractivity contribution is 6.31. The van der Waals surface area contributed by atoms with Gasteiger partial charge in [-0.15, -0.1) is 0 Å². The zero-order valence-electron chi connectivity index (χ0n) is 13.0. The molecule has 0 saturated carbocycles. The lowest BCUT2D eigenvalue weighted by Crippen LogP contribution is -2.45. The van der Waals surface area contributed by atoms with Crippen molar-refractivity contribution in [1.82, 2.24) is 4.90 Å². The predicted molar refractivity (Wildman–Crippen MR) is 91.3 cm³/mol. The smallest absolute Gasteiger partial charge is 0.256 e. The summed E-state index contributed by atoms with van der Waals surface area (Å²) in [4.78, 5) is 14.0. The molecule has 6 heteroatoms. The van der Waals surface area contributed by atoms with E-state index >= 15 is 0 Å². The van der Waals surface area contributed by atoms with Crippen LogP contribution in [0.15, 0.2) is 42.5 Å². The second-order valence-electron chi connectivity index (χ2n) is 6.04. The van der Waals surface area contributed by atoms with Crippen LogP contribution in [0, 0.1) is 5.82 Å². The van der Waals surface area contributed by atoms with Crippen LogP contribution in [0.3, 0.4) is 0 Å². The molecule has 0 atom stereocenters. The van der Waals surface area contributed by atoms with Crippen molar-refractivity contribution in [2.75, 3.05) is 18.8 Å². The number of rotatable bonds is 2. The molecule has 1 heterocycles. The number of hydrogen-bond acceptors (Lipinski definition) is 3. The largest absolute Gasteiger partial charge is 0.399 e. The summed E-state index contributed by atoms with van der Waals surface area (Å²) in [7, 11) is 0. The number of anilines is 1. The number of carbonyl (C=O) groups excluding carboxylic acids is 1. The topological polar surface area (TPSA) is 66.6 Å².